The molecule has 2 fully saturated rings. The number of carbonyl (C=O) groups is 3. The van der Waals surface area contributed by atoms with E-state index in [1.165, 1.54) is 5.56 Å². The Balaban J connectivity index is 1.34. The Morgan fingerprint density at radius 3 is 2.48 bits per heavy atom. The number of benzene rings is 2. The largest absolute Gasteiger partial charge is 0.326 e. The van der Waals surface area contributed by atoms with Gasteiger partial charge in [-0.1, -0.05) is 42.5 Å². The summed E-state index contributed by atoms with van der Waals surface area (Å²) in [6.45, 7) is 1.69. The third-order valence-corrected chi connectivity index (χ3v) is 5.41. The van der Waals surface area contributed by atoms with Gasteiger partial charge < -0.3 is 10.6 Å². The van der Waals surface area contributed by atoms with Gasteiger partial charge >= 0.3 is 6.03 Å². The quantitative estimate of drug-likeness (QED) is 0.656. The van der Waals surface area contributed by atoms with Gasteiger partial charge in [0.25, 0.3) is 5.91 Å². The van der Waals surface area contributed by atoms with Crippen molar-refractivity contribution in [3.8, 4) is 0 Å². The van der Waals surface area contributed by atoms with Crippen molar-refractivity contribution in [3.05, 3.63) is 65.7 Å². The minimum absolute atomic E-state index is 0.00798. The van der Waals surface area contributed by atoms with Gasteiger partial charge in [0.1, 0.15) is 6.04 Å². The van der Waals surface area contributed by atoms with Crippen LogP contribution in [0, 0.1) is 0 Å². The van der Waals surface area contributed by atoms with Gasteiger partial charge in [0, 0.05) is 18.7 Å². The van der Waals surface area contributed by atoms with Gasteiger partial charge in [0.05, 0.1) is 6.04 Å². The first-order chi connectivity index (χ1) is 14.1. The lowest BCUT2D eigenvalue weighted by molar-refractivity contribution is -0.121. The Kier molecular flexibility index (Phi) is 5.57. The van der Waals surface area contributed by atoms with E-state index in [9.17, 15) is 14.4 Å². The Morgan fingerprint density at radius 2 is 1.79 bits per heavy atom. The molecule has 2 aliphatic heterocycles. The fraction of sp³-hybridized carbons (Fsp3) is 0.318. The standard InChI is InChI=1S/C22H24N4O3/c27-20-18(24-22(29)25-20)13-15-8-10-17(11-9-15)23-21(28)19-7-4-12-26(19)14-16-5-2-1-3-6-16/h1-3,5-6,8-11,18-19H,4,7,12-14H2,(H,23,28)(H2,24,25,27,29)/t18-,19-/m1/s1. The maximum Gasteiger partial charge on any atom is 0.322 e. The van der Waals surface area contributed by atoms with Crippen molar-refractivity contribution in [2.24, 2.45) is 0 Å². The van der Waals surface area contributed by atoms with Gasteiger partial charge in [0.2, 0.25) is 5.91 Å². The summed E-state index contributed by atoms with van der Waals surface area (Å²) in [5.41, 5.74) is 2.85. The summed E-state index contributed by atoms with van der Waals surface area (Å²) in [7, 11) is 0. The zero-order valence-electron chi connectivity index (χ0n) is 16.1. The van der Waals surface area contributed by atoms with Gasteiger partial charge in [0.15, 0.2) is 0 Å². The zero-order chi connectivity index (χ0) is 20.2. The summed E-state index contributed by atoms with van der Waals surface area (Å²) < 4.78 is 0. The van der Waals surface area contributed by atoms with E-state index in [0.29, 0.717) is 6.42 Å². The molecule has 2 aromatic rings. The number of carbonyl (C=O) groups excluding carboxylic acids is 3. The normalized spacial score (nSPS) is 21.7. The molecule has 0 aromatic heterocycles. The molecule has 0 radical (unpaired) electrons. The molecule has 150 valence electrons. The second-order valence-electron chi connectivity index (χ2n) is 7.52. The summed E-state index contributed by atoms with van der Waals surface area (Å²) in [5.74, 6) is -0.305. The van der Waals surface area contributed by atoms with Gasteiger partial charge in [-0.25, -0.2) is 4.79 Å². The molecule has 0 saturated carbocycles. The van der Waals surface area contributed by atoms with Crippen molar-refractivity contribution in [1.82, 2.24) is 15.5 Å². The first-order valence-corrected chi connectivity index (χ1v) is 9.87. The lowest BCUT2D eigenvalue weighted by atomic mass is 10.1. The molecule has 2 atom stereocenters. The number of likely N-dealkylation sites (tertiary alicyclic amines) is 1. The number of nitrogens with one attached hydrogen (secondary N) is 3. The molecule has 2 saturated heterocycles. The van der Waals surface area contributed by atoms with Crippen LogP contribution >= 0.6 is 0 Å². The summed E-state index contributed by atoms with van der Waals surface area (Å²) >= 11 is 0. The number of rotatable bonds is 6. The highest BCUT2D eigenvalue weighted by Crippen LogP contribution is 2.22. The van der Waals surface area contributed by atoms with Crippen molar-refractivity contribution in [2.75, 3.05) is 11.9 Å². The van der Waals surface area contributed by atoms with E-state index < -0.39 is 12.1 Å². The predicted molar refractivity (Wildman–Crippen MR) is 109 cm³/mol. The average molecular weight is 392 g/mol. The van der Waals surface area contributed by atoms with E-state index in [2.05, 4.69) is 33.0 Å². The lowest BCUT2D eigenvalue weighted by Crippen LogP contribution is -2.39. The molecule has 4 amide bonds. The molecular formula is C22H24N4O3. The van der Waals surface area contributed by atoms with Gasteiger partial charge in [-0.3, -0.25) is 19.8 Å². The molecule has 0 spiro atoms. The van der Waals surface area contributed by atoms with Crippen LogP contribution in [0.4, 0.5) is 10.5 Å². The predicted octanol–water partition coefficient (Wildman–Crippen LogP) is 2.04. The molecule has 0 aliphatic carbocycles. The molecule has 7 nitrogen and oxygen atoms in total. The van der Waals surface area contributed by atoms with E-state index >= 15 is 0 Å². The Morgan fingerprint density at radius 1 is 1.03 bits per heavy atom. The van der Waals surface area contributed by atoms with Crippen LogP contribution in [-0.4, -0.2) is 41.4 Å². The molecule has 2 aliphatic rings. The molecule has 2 heterocycles. The summed E-state index contributed by atoms with van der Waals surface area (Å²) in [5, 5.41) is 7.82. The van der Waals surface area contributed by atoms with E-state index in [-0.39, 0.29) is 17.9 Å². The number of hydrogen-bond acceptors (Lipinski definition) is 4. The average Bonchev–Trinajstić information content (AvgIpc) is 3.30. The first kappa shape index (κ1) is 19.1. The molecular weight excluding hydrogens is 368 g/mol. The fourth-order valence-electron chi connectivity index (χ4n) is 3.92. The summed E-state index contributed by atoms with van der Waals surface area (Å²) in [6.07, 6.45) is 2.28. The van der Waals surface area contributed by atoms with Crippen molar-refractivity contribution >= 4 is 23.5 Å². The summed E-state index contributed by atoms with van der Waals surface area (Å²) in [6, 6.07) is 16.4. The van der Waals surface area contributed by atoms with Crippen molar-refractivity contribution in [1.29, 1.82) is 0 Å². The number of imide groups is 1. The Labute approximate surface area is 169 Å². The maximum atomic E-state index is 12.8. The lowest BCUT2D eigenvalue weighted by Gasteiger charge is -2.23. The monoisotopic (exact) mass is 392 g/mol. The smallest absolute Gasteiger partial charge is 0.322 e. The number of amides is 4. The van der Waals surface area contributed by atoms with E-state index in [4.69, 9.17) is 0 Å². The number of hydrogen-bond donors (Lipinski definition) is 3. The molecule has 2 aromatic carbocycles. The topological polar surface area (TPSA) is 90.5 Å². The number of anilines is 1. The Hall–Kier alpha value is -3.19. The van der Waals surface area contributed by atoms with E-state index in [1.54, 1.807) is 0 Å². The van der Waals surface area contributed by atoms with Crippen LogP contribution in [0.25, 0.3) is 0 Å². The number of urea groups is 1. The minimum Gasteiger partial charge on any atom is -0.326 e. The SMILES string of the molecule is O=C1NC(=O)[C@@H](Cc2ccc(NC(=O)[C@H]3CCCN3Cc3ccccc3)cc2)N1. The van der Waals surface area contributed by atoms with Gasteiger partial charge in [-0.05, 0) is 42.6 Å². The highest BCUT2D eigenvalue weighted by Gasteiger charge is 2.31. The maximum absolute atomic E-state index is 12.8. The highest BCUT2D eigenvalue weighted by atomic mass is 16.2. The Bertz CT molecular complexity index is 898. The highest BCUT2D eigenvalue weighted by molar-refractivity contribution is 6.04. The van der Waals surface area contributed by atoms with Crippen LogP contribution < -0.4 is 16.0 Å². The van der Waals surface area contributed by atoms with Crippen LogP contribution in [0.5, 0.6) is 0 Å². The van der Waals surface area contributed by atoms with Crippen molar-refractivity contribution in [2.45, 2.75) is 37.9 Å². The van der Waals surface area contributed by atoms with Crippen LogP contribution in [0.1, 0.15) is 24.0 Å². The third-order valence-electron chi connectivity index (χ3n) is 5.41. The molecule has 4 rings (SSSR count). The fourth-order valence-corrected chi connectivity index (χ4v) is 3.92. The van der Waals surface area contributed by atoms with Gasteiger partial charge in [-0.2, -0.15) is 0 Å². The van der Waals surface area contributed by atoms with Crippen LogP contribution in [0.2, 0.25) is 0 Å². The molecule has 0 unspecified atom stereocenters. The first-order valence-electron chi connectivity index (χ1n) is 9.87. The number of nitrogens with zero attached hydrogens (tertiary/aromatic N) is 1. The second kappa shape index (κ2) is 8.45. The van der Waals surface area contributed by atoms with E-state index in [1.807, 2.05) is 42.5 Å². The van der Waals surface area contributed by atoms with Crippen LogP contribution in [0.15, 0.2) is 54.6 Å². The van der Waals surface area contributed by atoms with Gasteiger partial charge in [-0.15, -0.1) is 0 Å². The van der Waals surface area contributed by atoms with Crippen molar-refractivity contribution < 1.29 is 14.4 Å². The van der Waals surface area contributed by atoms with Crippen molar-refractivity contribution in [3.63, 3.8) is 0 Å². The molecule has 7 heteroatoms. The third kappa shape index (κ3) is 4.63. The van der Waals surface area contributed by atoms with Crippen LogP contribution in [0.3, 0.4) is 0 Å². The molecule has 3 N–H and O–H groups in total. The minimum atomic E-state index is -0.548. The zero-order valence-corrected chi connectivity index (χ0v) is 16.1. The van der Waals surface area contributed by atoms with Crippen LogP contribution in [-0.2, 0) is 22.6 Å². The molecule has 29 heavy (non-hydrogen) atoms. The second-order valence-corrected chi connectivity index (χ2v) is 7.52. The molecule has 0 bridgehead atoms. The summed E-state index contributed by atoms with van der Waals surface area (Å²) in [4.78, 5) is 37.9. The van der Waals surface area contributed by atoms with E-state index in [0.717, 1.165) is 37.2 Å².